The highest BCUT2D eigenvalue weighted by Gasteiger charge is 2.45. The maximum absolute atomic E-state index is 14.2. The summed E-state index contributed by atoms with van der Waals surface area (Å²) in [6.45, 7) is 9.86. The molecular weight excluding hydrogens is 855 g/mol. The van der Waals surface area contributed by atoms with Crippen LogP contribution in [0, 0.1) is 19.8 Å². The van der Waals surface area contributed by atoms with Crippen LogP contribution in [-0.4, -0.2) is 128 Å². The SMILES string of the molecule is Cc1ccc2onc(C(=O)N3CC[C@H]4CC[C@@H](C(=O)NCCOc5cc(C(C(=O)N6C[C@H](O)C[C@H]6C(=O)N[C@H](C)c6ccc(-c7scnc7C)cc6)C(C)C)on5)N4C(=O)[C@@H](N)C3)c2c1. The number of ether oxygens (including phenoxy) is 1. The summed E-state index contributed by atoms with van der Waals surface area (Å²) in [7, 11) is 0. The minimum absolute atomic E-state index is 0.00930. The largest absolute Gasteiger partial charge is 0.474 e. The lowest BCUT2D eigenvalue weighted by atomic mass is 9.91. The summed E-state index contributed by atoms with van der Waals surface area (Å²) in [5.41, 5.74) is 12.7. The fourth-order valence-corrected chi connectivity index (χ4v) is 10.1. The Morgan fingerprint density at radius 1 is 0.969 bits per heavy atom. The molecule has 5 aromatic rings. The van der Waals surface area contributed by atoms with Gasteiger partial charge in [0.05, 0.1) is 40.2 Å². The summed E-state index contributed by atoms with van der Waals surface area (Å²) in [4.78, 5) is 78.6. The Kier molecular flexibility index (Phi) is 13.3. The molecule has 0 radical (unpaired) electrons. The van der Waals surface area contributed by atoms with Crippen molar-refractivity contribution in [1.29, 1.82) is 0 Å². The number of nitrogens with zero attached hydrogens (tertiary/aromatic N) is 6. The van der Waals surface area contributed by atoms with Gasteiger partial charge in [-0.3, -0.25) is 24.0 Å². The van der Waals surface area contributed by atoms with Crippen LogP contribution < -0.4 is 21.1 Å². The Morgan fingerprint density at radius 3 is 2.49 bits per heavy atom. The molecule has 8 rings (SSSR count). The lowest BCUT2D eigenvalue weighted by Gasteiger charge is -2.37. The molecule has 0 saturated carbocycles. The third kappa shape index (κ3) is 9.48. The van der Waals surface area contributed by atoms with E-state index in [1.54, 1.807) is 27.2 Å². The molecule has 6 heterocycles. The van der Waals surface area contributed by atoms with Gasteiger partial charge >= 0.3 is 0 Å². The van der Waals surface area contributed by atoms with E-state index >= 15 is 0 Å². The van der Waals surface area contributed by atoms with E-state index in [9.17, 15) is 29.1 Å². The average molecular weight is 910 g/mol. The summed E-state index contributed by atoms with van der Waals surface area (Å²) in [5.74, 6) is -2.61. The van der Waals surface area contributed by atoms with Gasteiger partial charge in [0.25, 0.3) is 11.8 Å². The number of nitrogens with one attached hydrogen (secondary N) is 2. The molecular formula is C46H55N9O9S. The molecule has 0 spiro atoms. The number of aromatic nitrogens is 3. The number of aryl methyl sites for hydroxylation is 2. The van der Waals surface area contributed by atoms with Crippen LogP contribution in [0.1, 0.15) is 91.5 Å². The molecule has 344 valence electrons. The van der Waals surface area contributed by atoms with Gasteiger partial charge in [-0.15, -0.1) is 11.3 Å². The lowest BCUT2D eigenvalue weighted by molar-refractivity contribution is -0.142. The van der Waals surface area contributed by atoms with Gasteiger partial charge in [-0.2, -0.15) is 0 Å². The number of thiazole rings is 1. The fourth-order valence-electron chi connectivity index (χ4n) is 9.25. The number of hydrogen-bond donors (Lipinski definition) is 4. The number of carbonyl (C=O) groups is 5. The van der Waals surface area contributed by atoms with Crippen LogP contribution in [0.4, 0.5) is 0 Å². The highest BCUT2D eigenvalue weighted by atomic mass is 32.1. The Labute approximate surface area is 379 Å². The summed E-state index contributed by atoms with van der Waals surface area (Å²) in [6.07, 6.45) is 0.692. The second kappa shape index (κ2) is 19.1. The first-order chi connectivity index (χ1) is 31.2. The van der Waals surface area contributed by atoms with Gasteiger partial charge in [0.15, 0.2) is 17.0 Å². The van der Waals surface area contributed by atoms with E-state index in [2.05, 4.69) is 25.9 Å². The van der Waals surface area contributed by atoms with Gasteiger partial charge in [0.2, 0.25) is 23.6 Å². The topological polar surface area (TPSA) is 240 Å². The standard InChI is InChI=1S/C46H55N9O9S/c1-24(2)39(45(60)54-21-31(56)19-35(54)43(58)50-26(4)28-7-9-29(10-8-28)41-27(5)49-23-65-41)37-20-38(51-64-37)62-17-15-48-42(57)34-12-11-30-14-16-53(22-33(47)44(59)55(30)34)46(61)40-32-18-25(3)6-13-36(32)63-52-40/h6-10,13,18,20,23-24,26,30-31,33-35,39,56H,11-12,14-17,19,21-22,47H2,1-5H3,(H,48,57)(H,50,58)/t26-,30-,31-,33+,34+,35+,39?/m1/s1. The third-order valence-electron chi connectivity index (χ3n) is 12.7. The molecule has 7 atom stereocenters. The Hall–Kier alpha value is -6.18. The summed E-state index contributed by atoms with van der Waals surface area (Å²) in [5, 5.41) is 25.2. The van der Waals surface area contributed by atoms with E-state index in [1.807, 2.05) is 76.5 Å². The average Bonchev–Trinajstić information content (AvgIpc) is 4.14. The summed E-state index contributed by atoms with van der Waals surface area (Å²) >= 11 is 1.57. The molecule has 65 heavy (non-hydrogen) atoms. The van der Waals surface area contributed by atoms with Crippen LogP contribution in [0.5, 0.6) is 5.88 Å². The number of β-amino-alcohol motifs (C(OH)–C–C–N with tert-alkyl or cyclic N) is 1. The monoisotopic (exact) mass is 909 g/mol. The van der Waals surface area contributed by atoms with Crippen LogP contribution in [0.3, 0.4) is 0 Å². The van der Waals surface area contributed by atoms with E-state index in [1.165, 1.54) is 11.0 Å². The van der Waals surface area contributed by atoms with E-state index in [0.717, 1.165) is 27.3 Å². The second-order valence-corrected chi connectivity index (χ2v) is 18.5. The van der Waals surface area contributed by atoms with E-state index in [4.69, 9.17) is 19.5 Å². The van der Waals surface area contributed by atoms with Gasteiger partial charge in [0, 0.05) is 38.2 Å². The zero-order valence-corrected chi connectivity index (χ0v) is 37.9. The number of hydrogen-bond acceptors (Lipinski definition) is 14. The molecule has 3 fully saturated rings. The van der Waals surface area contributed by atoms with Gasteiger partial charge < -0.3 is 50.0 Å². The van der Waals surface area contributed by atoms with Gasteiger partial charge in [-0.1, -0.05) is 54.9 Å². The van der Waals surface area contributed by atoms with Crippen LogP contribution in [0.25, 0.3) is 21.4 Å². The maximum atomic E-state index is 14.2. The second-order valence-electron chi connectivity index (χ2n) is 17.6. The Bertz CT molecular complexity index is 2550. The molecule has 2 aromatic carbocycles. The van der Waals surface area contributed by atoms with Crippen molar-refractivity contribution < 1.29 is 42.9 Å². The molecule has 19 heteroatoms. The quantitative estimate of drug-likeness (QED) is 0.123. The van der Waals surface area contributed by atoms with E-state index in [-0.39, 0.29) is 91.6 Å². The number of aliphatic hydroxyl groups is 1. The van der Waals surface area contributed by atoms with Crippen molar-refractivity contribution in [1.82, 2.24) is 40.6 Å². The normalized spacial score (nSPS) is 22.1. The molecule has 0 bridgehead atoms. The molecule has 3 aliphatic heterocycles. The van der Waals surface area contributed by atoms with Crippen molar-refractivity contribution in [3.63, 3.8) is 0 Å². The molecule has 18 nitrogen and oxygen atoms in total. The fraction of sp³-hybridized carbons (Fsp3) is 0.478. The van der Waals surface area contributed by atoms with Gasteiger partial charge in [-0.05, 0) is 74.4 Å². The van der Waals surface area contributed by atoms with Crippen molar-refractivity contribution in [2.45, 2.75) is 103 Å². The number of aliphatic hydroxyl groups excluding tert-OH is 1. The van der Waals surface area contributed by atoms with Crippen LogP contribution in [-0.2, 0) is 19.2 Å². The Balaban J connectivity index is 0.830. The number of rotatable bonds is 13. The van der Waals surface area contributed by atoms with Crippen LogP contribution >= 0.6 is 11.3 Å². The number of likely N-dealkylation sites (tertiary alicyclic amines) is 1. The van der Waals surface area contributed by atoms with Gasteiger partial charge in [-0.25, -0.2) is 4.98 Å². The molecule has 1 unspecified atom stereocenters. The van der Waals surface area contributed by atoms with Crippen molar-refractivity contribution >= 4 is 51.8 Å². The van der Waals surface area contributed by atoms with Crippen LogP contribution in [0.2, 0.25) is 0 Å². The minimum atomic E-state index is -1.04. The number of benzene rings is 2. The molecule has 3 aromatic heterocycles. The third-order valence-corrected chi connectivity index (χ3v) is 13.7. The number of amides is 5. The highest BCUT2D eigenvalue weighted by Crippen LogP contribution is 2.34. The van der Waals surface area contributed by atoms with E-state index < -0.39 is 36.1 Å². The van der Waals surface area contributed by atoms with E-state index in [0.29, 0.717) is 36.8 Å². The molecule has 3 aliphatic rings. The zero-order valence-electron chi connectivity index (χ0n) is 37.1. The molecule has 5 amide bonds. The molecule has 0 aliphatic carbocycles. The first-order valence-corrected chi connectivity index (χ1v) is 23.0. The number of nitrogens with two attached hydrogens (primary N) is 1. The van der Waals surface area contributed by atoms with Gasteiger partial charge in [0.1, 0.15) is 30.7 Å². The Morgan fingerprint density at radius 2 is 1.75 bits per heavy atom. The maximum Gasteiger partial charge on any atom is 0.276 e. The number of fused-ring (bicyclic) bond motifs is 2. The highest BCUT2D eigenvalue weighted by molar-refractivity contribution is 7.13. The smallest absolute Gasteiger partial charge is 0.276 e. The summed E-state index contributed by atoms with van der Waals surface area (Å²) < 4.78 is 16.8. The van der Waals surface area contributed by atoms with Crippen molar-refractivity contribution in [2.75, 3.05) is 32.8 Å². The minimum Gasteiger partial charge on any atom is -0.474 e. The van der Waals surface area contributed by atoms with Crippen molar-refractivity contribution in [3.05, 3.63) is 82.3 Å². The summed E-state index contributed by atoms with van der Waals surface area (Å²) in [6, 6.07) is 11.6. The lowest BCUT2D eigenvalue weighted by Crippen LogP contribution is -2.59. The zero-order chi connectivity index (χ0) is 46.1. The predicted octanol–water partition coefficient (Wildman–Crippen LogP) is 3.86. The molecule has 5 N–H and O–H groups in total. The molecule has 3 saturated heterocycles. The van der Waals surface area contributed by atoms with Crippen LogP contribution in [0.15, 0.2) is 63.1 Å². The van der Waals surface area contributed by atoms with Crippen molar-refractivity contribution in [3.8, 4) is 16.3 Å². The number of carbonyl (C=O) groups excluding carboxylic acids is 5. The predicted molar refractivity (Wildman–Crippen MR) is 238 cm³/mol. The first kappa shape index (κ1) is 45.4. The van der Waals surface area contributed by atoms with Crippen molar-refractivity contribution in [2.24, 2.45) is 11.7 Å². The first-order valence-electron chi connectivity index (χ1n) is 22.1.